The number of carboxylic acids is 1. The van der Waals surface area contributed by atoms with E-state index in [9.17, 15) is 4.79 Å². The first kappa shape index (κ1) is 40.6. The van der Waals surface area contributed by atoms with Crippen LogP contribution >= 0.6 is 46.4 Å². The van der Waals surface area contributed by atoms with Crippen LogP contribution in [0.15, 0.2) is 84.5 Å². The molecule has 0 spiro atoms. The lowest BCUT2D eigenvalue weighted by Crippen LogP contribution is -2.22. The van der Waals surface area contributed by atoms with Crippen LogP contribution in [0.4, 0.5) is 17.8 Å². The minimum absolute atomic E-state index is 0.0671. The van der Waals surface area contributed by atoms with Crippen LogP contribution in [0.1, 0.15) is 21.5 Å². The van der Waals surface area contributed by atoms with E-state index < -0.39 is 5.97 Å². The van der Waals surface area contributed by atoms with Crippen molar-refractivity contribution in [3.63, 3.8) is 0 Å². The van der Waals surface area contributed by atoms with Gasteiger partial charge in [0.15, 0.2) is 0 Å². The maximum atomic E-state index is 10.3. The van der Waals surface area contributed by atoms with Crippen LogP contribution < -0.4 is 14.7 Å². The van der Waals surface area contributed by atoms with E-state index in [0.717, 1.165) is 11.1 Å². The molecule has 0 atom stereocenters. The molecule has 0 amide bonds. The number of halogens is 4. The van der Waals surface area contributed by atoms with Gasteiger partial charge in [0.05, 0.1) is 17.9 Å². The molecule has 0 unspecified atom stereocenters. The minimum atomic E-state index is -1.11. The second-order valence-electron chi connectivity index (χ2n) is 11.1. The average Bonchev–Trinajstić information content (AvgIpc) is 3.59. The highest BCUT2D eigenvalue weighted by Crippen LogP contribution is 2.24. The number of carboxylic acid groups (broad SMARTS) is 1. The van der Waals surface area contributed by atoms with Crippen LogP contribution in [-0.4, -0.2) is 88.7 Å². The summed E-state index contributed by atoms with van der Waals surface area (Å²) in [6.07, 6.45) is 5.21. The number of phenols is 1. The standard InChI is InChI=1S/C18H13Cl4N3O.C9H18N6.C7H6O3/c19-13-2-1-12(16(21)7-13)10-26-24-18(9-25-6-5-23-11-25)15-4-3-14(20)8-17(15)22;1-13(2)7-10-8(14(3)4)12-9(11-7)15(5)6;8-6-4-2-1-3-5(6)7(9)10/h1-8,11H,9-10H2;1-6H3;1-4,8H,(H,9,10)/b24-18+;;. The lowest BCUT2D eigenvalue weighted by Gasteiger charge is -2.18. The fraction of sp³-hybridized carbons (Fsp3) is 0.235. The lowest BCUT2D eigenvalue weighted by molar-refractivity contribution is 0.0693. The molecule has 0 bridgehead atoms. The monoisotopic (exact) mass is 775 g/mol. The molecule has 0 aliphatic rings. The van der Waals surface area contributed by atoms with Crippen molar-refractivity contribution in [1.82, 2.24) is 24.5 Å². The van der Waals surface area contributed by atoms with Crippen molar-refractivity contribution < 1.29 is 19.8 Å². The van der Waals surface area contributed by atoms with Crippen LogP contribution in [0.5, 0.6) is 5.75 Å². The predicted molar refractivity (Wildman–Crippen MR) is 204 cm³/mol. The van der Waals surface area contributed by atoms with Gasteiger partial charge in [0.2, 0.25) is 17.8 Å². The fourth-order valence-corrected chi connectivity index (χ4v) is 4.84. The molecule has 51 heavy (non-hydrogen) atoms. The van der Waals surface area contributed by atoms with Crippen molar-refractivity contribution in [3.05, 3.63) is 116 Å². The number of rotatable bonds is 10. The highest BCUT2D eigenvalue weighted by molar-refractivity contribution is 6.37. The molecule has 2 aromatic heterocycles. The Morgan fingerprint density at radius 3 is 1.78 bits per heavy atom. The SMILES string of the molecule is CN(C)c1nc(N(C)C)nc(N(C)C)n1.Clc1ccc(CO/N=C(\Cn2ccnc2)c2ccc(Cl)cc2Cl)c(Cl)c1.O=C(O)c1ccccc1O. The number of para-hydroxylation sites is 1. The zero-order chi connectivity index (χ0) is 37.7. The maximum absolute atomic E-state index is 10.3. The number of imidazole rings is 1. The van der Waals surface area contributed by atoms with E-state index in [2.05, 4.69) is 25.1 Å². The molecule has 0 fully saturated rings. The quantitative estimate of drug-likeness (QED) is 0.109. The number of benzene rings is 3. The first-order valence-electron chi connectivity index (χ1n) is 15.0. The Kier molecular flexibility index (Phi) is 15.6. The van der Waals surface area contributed by atoms with E-state index in [0.29, 0.717) is 50.2 Å². The molecule has 270 valence electrons. The Hall–Kier alpha value is -4.82. The lowest BCUT2D eigenvalue weighted by atomic mass is 10.1. The second-order valence-corrected chi connectivity index (χ2v) is 12.8. The topological polar surface area (TPSA) is 145 Å². The summed E-state index contributed by atoms with van der Waals surface area (Å²) in [5, 5.41) is 23.7. The molecular weight excluding hydrogens is 740 g/mol. The molecule has 5 rings (SSSR count). The Morgan fingerprint density at radius 1 is 0.784 bits per heavy atom. The van der Waals surface area contributed by atoms with E-state index in [1.165, 1.54) is 12.1 Å². The molecule has 0 saturated heterocycles. The van der Waals surface area contributed by atoms with Gasteiger partial charge in [0.25, 0.3) is 0 Å². The van der Waals surface area contributed by atoms with Crippen molar-refractivity contribution >= 4 is 75.9 Å². The highest BCUT2D eigenvalue weighted by atomic mass is 35.5. The van der Waals surface area contributed by atoms with E-state index in [1.54, 1.807) is 61.1 Å². The molecule has 17 heteroatoms. The fourth-order valence-electron chi connectivity index (χ4n) is 3.86. The van der Waals surface area contributed by atoms with Crippen molar-refractivity contribution in [2.45, 2.75) is 13.2 Å². The zero-order valence-corrected chi connectivity index (χ0v) is 31.7. The van der Waals surface area contributed by atoms with Gasteiger partial charge in [-0.05, 0) is 42.5 Å². The summed E-state index contributed by atoms with van der Waals surface area (Å²) in [5.41, 5.74) is 2.08. The molecule has 0 aliphatic carbocycles. The zero-order valence-electron chi connectivity index (χ0n) is 28.7. The molecule has 13 nitrogen and oxygen atoms in total. The third kappa shape index (κ3) is 12.8. The van der Waals surface area contributed by atoms with Gasteiger partial charge in [-0.3, -0.25) is 0 Å². The van der Waals surface area contributed by atoms with Gasteiger partial charge < -0.3 is 34.3 Å². The van der Waals surface area contributed by atoms with Gasteiger partial charge in [-0.1, -0.05) is 69.8 Å². The number of aromatic hydroxyl groups is 1. The van der Waals surface area contributed by atoms with Crippen LogP contribution in [0.25, 0.3) is 0 Å². The third-order valence-corrected chi connectivity index (χ3v) is 7.61. The van der Waals surface area contributed by atoms with Crippen molar-refractivity contribution in [2.75, 3.05) is 57.0 Å². The van der Waals surface area contributed by atoms with Crippen LogP contribution in [-0.2, 0) is 18.0 Å². The number of anilines is 3. The van der Waals surface area contributed by atoms with E-state index >= 15 is 0 Å². The normalized spacial score (nSPS) is 10.7. The first-order chi connectivity index (χ1) is 24.2. The summed E-state index contributed by atoms with van der Waals surface area (Å²) >= 11 is 24.4. The number of carbonyl (C=O) groups is 1. The van der Waals surface area contributed by atoms with Crippen molar-refractivity contribution in [1.29, 1.82) is 0 Å². The number of oxime groups is 1. The van der Waals surface area contributed by atoms with Gasteiger partial charge >= 0.3 is 5.97 Å². The smallest absolute Gasteiger partial charge is 0.339 e. The van der Waals surface area contributed by atoms with Crippen molar-refractivity contribution in [2.24, 2.45) is 5.16 Å². The summed E-state index contributed by atoms with van der Waals surface area (Å²) in [6.45, 7) is 0.643. The summed E-state index contributed by atoms with van der Waals surface area (Å²) in [6, 6.07) is 16.2. The van der Waals surface area contributed by atoms with Gasteiger partial charge in [0.1, 0.15) is 23.6 Å². The van der Waals surface area contributed by atoms with Crippen LogP contribution in [0.2, 0.25) is 20.1 Å². The van der Waals surface area contributed by atoms with Gasteiger partial charge in [0, 0.05) is 80.9 Å². The van der Waals surface area contributed by atoms with Crippen LogP contribution in [0.3, 0.4) is 0 Å². The van der Waals surface area contributed by atoms with E-state index in [-0.39, 0.29) is 17.9 Å². The Labute approximate surface area is 316 Å². The summed E-state index contributed by atoms with van der Waals surface area (Å²) in [5.74, 6) is 0.681. The van der Waals surface area contributed by atoms with E-state index in [1.807, 2.05) is 67.7 Å². The number of hydrogen-bond donors (Lipinski definition) is 2. The molecule has 3 aromatic carbocycles. The number of aromatic nitrogens is 5. The largest absolute Gasteiger partial charge is 0.507 e. The molecule has 0 aliphatic heterocycles. The van der Waals surface area contributed by atoms with Crippen molar-refractivity contribution in [3.8, 4) is 5.75 Å². The van der Waals surface area contributed by atoms with Gasteiger partial charge in [-0.2, -0.15) is 15.0 Å². The molecule has 0 radical (unpaired) electrons. The first-order valence-corrected chi connectivity index (χ1v) is 16.5. The summed E-state index contributed by atoms with van der Waals surface area (Å²) in [4.78, 5) is 38.4. The number of aromatic carboxylic acids is 1. The van der Waals surface area contributed by atoms with Gasteiger partial charge in [-0.25, -0.2) is 9.78 Å². The summed E-state index contributed by atoms with van der Waals surface area (Å²) in [7, 11) is 11.5. The third-order valence-electron chi connectivity index (χ3n) is 6.48. The molecule has 2 heterocycles. The molecular formula is C34H37Cl4N9O4. The second kappa shape index (κ2) is 19.5. The highest BCUT2D eigenvalue weighted by Gasteiger charge is 2.13. The van der Waals surface area contributed by atoms with Gasteiger partial charge in [-0.15, -0.1) is 0 Å². The molecule has 0 saturated carbocycles. The Balaban J connectivity index is 0.000000236. The number of hydrogen-bond acceptors (Lipinski definition) is 11. The average molecular weight is 778 g/mol. The maximum Gasteiger partial charge on any atom is 0.339 e. The molecule has 2 N–H and O–H groups in total. The minimum Gasteiger partial charge on any atom is -0.507 e. The summed E-state index contributed by atoms with van der Waals surface area (Å²) < 4.78 is 1.86. The van der Waals surface area contributed by atoms with E-state index in [4.69, 9.17) is 61.5 Å². The number of nitrogens with zero attached hydrogens (tertiary/aromatic N) is 9. The Bertz CT molecular complexity index is 1860. The Morgan fingerprint density at radius 2 is 1.33 bits per heavy atom. The van der Waals surface area contributed by atoms with Crippen LogP contribution in [0, 0.1) is 0 Å². The predicted octanol–water partition coefficient (Wildman–Crippen LogP) is 7.28. The molecule has 5 aromatic rings.